The van der Waals surface area contributed by atoms with Crippen molar-refractivity contribution in [1.29, 1.82) is 0 Å². The van der Waals surface area contributed by atoms with Crippen LogP contribution < -0.4 is 5.32 Å². The summed E-state index contributed by atoms with van der Waals surface area (Å²) in [4.78, 5) is 26.9. The molecule has 1 aromatic heterocycles. The maximum absolute atomic E-state index is 12.0. The van der Waals surface area contributed by atoms with Crippen LogP contribution in [0.5, 0.6) is 0 Å². The van der Waals surface area contributed by atoms with Crippen LogP contribution in [-0.2, 0) is 16.1 Å². The zero-order valence-corrected chi connectivity index (χ0v) is 12.6. The molecule has 1 N–H and O–H groups in total. The fraction of sp³-hybridized carbons (Fsp3) is 0.667. The molecule has 20 heavy (non-hydrogen) atoms. The molecule has 8 heteroatoms. The van der Waals surface area contributed by atoms with Crippen LogP contribution in [0.4, 0.5) is 5.13 Å². The first-order valence-electron chi connectivity index (χ1n) is 6.75. The van der Waals surface area contributed by atoms with Gasteiger partial charge in [0.15, 0.2) is 0 Å². The summed E-state index contributed by atoms with van der Waals surface area (Å²) in [6.07, 6.45) is 1.01. The Morgan fingerprint density at radius 1 is 1.15 bits per heavy atom. The van der Waals surface area contributed by atoms with Gasteiger partial charge in [-0.3, -0.25) is 9.59 Å². The maximum Gasteiger partial charge on any atom is 0.243 e. The Labute approximate surface area is 122 Å². The van der Waals surface area contributed by atoms with E-state index in [2.05, 4.69) is 22.4 Å². The van der Waals surface area contributed by atoms with Gasteiger partial charge < -0.3 is 15.1 Å². The lowest BCUT2D eigenvalue weighted by molar-refractivity contribution is -0.150. The third-order valence-corrected chi connectivity index (χ3v) is 3.92. The van der Waals surface area contributed by atoms with E-state index in [9.17, 15) is 9.59 Å². The highest BCUT2D eigenvalue weighted by atomic mass is 32.1. The smallest absolute Gasteiger partial charge is 0.243 e. The minimum absolute atomic E-state index is 0.0130. The van der Waals surface area contributed by atoms with Crippen molar-refractivity contribution in [2.24, 2.45) is 0 Å². The quantitative estimate of drug-likeness (QED) is 0.829. The summed E-state index contributed by atoms with van der Waals surface area (Å²) in [5, 5.41) is 12.7. The van der Waals surface area contributed by atoms with Crippen LogP contribution in [-0.4, -0.2) is 58.0 Å². The molecule has 0 radical (unpaired) electrons. The number of hydrogen-bond donors (Lipinski definition) is 1. The first-order valence-corrected chi connectivity index (χ1v) is 7.57. The van der Waals surface area contributed by atoms with E-state index in [0.29, 0.717) is 13.1 Å². The van der Waals surface area contributed by atoms with Crippen LogP contribution >= 0.6 is 11.3 Å². The zero-order valence-electron chi connectivity index (χ0n) is 11.8. The number of rotatable bonds is 6. The molecular weight excluding hydrogens is 278 g/mol. The minimum Gasteiger partial charge on any atom is -0.360 e. The van der Waals surface area contributed by atoms with E-state index < -0.39 is 0 Å². The molecule has 1 aliphatic rings. The standard InChI is InChI=1S/C12H19N5O2S/c1-3-5-13-12-15-14-9(20-12)6-17-8-10(18)16(4-2)7-11(17)19/h3-8H2,1-2H3,(H,13,15). The van der Waals surface area contributed by atoms with Crippen LogP contribution in [0.2, 0.25) is 0 Å². The van der Waals surface area contributed by atoms with Gasteiger partial charge in [-0.25, -0.2) is 0 Å². The van der Waals surface area contributed by atoms with E-state index in [0.717, 1.165) is 23.1 Å². The van der Waals surface area contributed by atoms with Crippen molar-refractivity contribution in [1.82, 2.24) is 20.0 Å². The Morgan fingerprint density at radius 2 is 1.85 bits per heavy atom. The van der Waals surface area contributed by atoms with Gasteiger partial charge in [-0.15, -0.1) is 10.2 Å². The van der Waals surface area contributed by atoms with Crippen molar-refractivity contribution >= 4 is 28.3 Å². The normalized spacial score (nSPS) is 15.9. The number of nitrogens with one attached hydrogen (secondary N) is 1. The van der Waals surface area contributed by atoms with Crippen LogP contribution in [0.25, 0.3) is 0 Å². The molecule has 2 rings (SSSR count). The lowest BCUT2D eigenvalue weighted by atomic mass is 10.3. The van der Waals surface area contributed by atoms with Crippen molar-refractivity contribution in [3.63, 3.8) is 0 Å². The zero-order chi connectivity index (χ0) is 14.5. The maximum atomic E-state index is 12.0. The molecule has 0 atom stereocenters. The van der Waals surface area contributed by atoms with E-state index in [1.54, 1.807) is 9.80 Å². The van der Waals surface area contributed by atoms with Crippen molar-refractivity contribution < 1.29 is 9.59 Å². The fourth-order valence-corrected chi connectivity index (χ4v) is 2.70. The predicted molar refractivity (Wildman–Crippen MR) is 76.4 cm³/mol. The number of carbonyl (C=O) groups excluding carboxylic acids is 2. The Hall–Kier alpha value is -1.70. The molecule has 0 saturated carbocycles. The number of piperazine rings is 1. The molecule has 1 saturated heterocycles. The highest BCUT2D eigenvalue weighted by Gasteiger charge is 2.29. The van der Waals surface area contributed by atoms with Crippen LogP contribution in [0.1, 0.15) is 25.3 Å². The summed E-state index contributed by atoms with van der Waals surface area (Å²) >= 11 is 1.42. The summed E-state index contributed by atoms with van der Waals surface area (Å²) in [5.74, 6) is -0.0503. The van der Waals surface area contributed by atoms with Gasteiger partial charge in [-0.05, 0) is 13.3 Å². The summed E-state index contributed by atoms with van der Waals surface area (Å²) in [7, 11) is 0. The van der Waals surface area contributed by atoms with Crippen LogP contribution in [0, 0.1) is 0 Å². The lowest BCUT2D eigenvalue weighted by Crippen LogP contribution is -2.53. The lowest BCUT2D eigenvalue weighted by Gasteiger charge is -2.32. The van der Waals surface area contributed by atoms with Crippen molar-refractivity contribution in [3.8, 4) is 0 Å². The number of carbonyl (C=O) groups is 2. The second-order valence-corrected chi connectivity index (χ2v) is 5.65. The Kier molecular flexibility index (Phi) is 4.89. The molecule has 2 amide bonds. The number of anilines is 1. The number of likely N-dealkylation sites (N-methyl/N-ethyl adjacent to an activating group) is 1. The third kappa shape index (κ3) is 3.44. The molecule has 0 aliphatic carbocycles. The van der Waals surface area contributed by atoms with Crippen LogP contribution in [0.15, 0.2) is 0 Å². The van der Waals surface area contributed by atoms with Crippen molar-refractivity contribution in [3.05, 3.63) is 5.01 Å². The number of amides is 2. The van der Waals surface area contributed by atoms with Gasteiger partial charge in [0.05, 0.1) is 13.1 Å². The molecule has 0 unspecified atom stereocenters. The summed E-state index contributed by atoms with van der Waals surface area (Å²) in [6.45, 7) is 6.01. The average Bonchev–Trinajstić information content (AvgIpc) is 2.87. The van der Waals surface area contributed by atoms with Gasteiger partial charge in [0, 0.05) is 13.1 Å². The average molecular weight is 297 g/mol. The molecule has 1 fully saturated rings. The summed E-state index contributed by atoms with van der Waals surface area (Å²) in [6, 6.07) is 0. The van der Waals surface area contributed by atoms with E-state index >= 15 is 0 Å². The molecule has 7 nitrogen and oxygen atoms in total. The monoisotopic (exact) mass is 297 g/mol. The highest BCUT2D eigenvalue weighted by Crippen LogP contribution is 2.18. The van der Waals surface area contributed by atoms with Gasteiger partial charge in [0.1, 0.15) is 11.6 Å². The summed E-state index contributed by atoms with van der Waals surface area (Å²) in [5.41, 5.74) is 0. The van der Waals surface area contributed by atoms with Crippen LogP contribution in [0.3, 0.4) is 0 Å². The second-order valence-electron chi connectivity index (χ2n) is 4.59. The van der Waals surface area contributed by atoms with E-state index in [-0.39, 0.29) is 24.9 Å². The van der Waals surface area contributed by atoms with E-state index in [1.807, 2.05) is 6.92 Å². The van der Waals surface area contributed by atoms with E-state index in [1.165, 1.54) is 11.3 Å². The number of hydrogen-bond acceptors (Lipinski definition) is 6. The second kappa shape index (κ2) is 6.65. The molecule has 0 bridgehead atoms. The molecule has 0 spiro atoms. The molecule has 2 heterocycles. The molecule has 0 aromatic carbocycles. The summed E-state index contributed by atoms with van der Waals surface area (Å²) < 4.78 is 0. The Bertz CT molecular complexity index is 490. The largest absolute Gasteiger partial charge is 0.360 e. The minimum atomic E-state index is -0.0373. The molecule has 110 valence electrons. The first-order chi connectivity index (χ1) is 9.63. The first kappa shape index (κ1) is 14.7. The van der Waals surface area contributed by atoms with Gasteiger partial charge in [0.2, 0.25) is 16.9 Å². The van der Waals surface area contributed by atoms with Gasteiger partial charge in [-0.2, -0.15) is 0 Å². The topological polar surface area (TPSA) is 78.4 Å². The number of nitrogens with zero attached hydrogens (tertiary/aromatic N) is 4. The van der Waals surface area contributed by atoms with Crippen molar-refractivity contribution in [2.45, 2.75) is 26.8 Å². The number of aromatic nitrogens is 2. The fourth-order valence-electron chi connectivity index (χ4n) is 1.92. The van der Waals surface area contributed by atoms with Gasteiger partial charge in [0.25, 0.3) is 0 Å². The highest BCUT2D eigenvalue weighted by molar-refractivity contribution is 7.15. The van der Waals surface area contributed by atoms with Gasteiger partial charge in [-0.1, -0.05) is 18.3 Å². The van der Waals surface area contributed by atoms with Crippen molar-refractivity contribution in [2.75, 3.05) is 31.5 Å². The molecule has 1 aromatic rings. The Balaban J connectivity index is 1.94. The SMILES string of the molecule is CCCNc1nnc(CN2CC(=O)N(CC)CC2=O)s1. The van der Waals surface area contributed by atoms with E-state index in [4.69, 9.17) is 0 Å². The van der Waals surface area contributed by atoms with Gasteiger partial charge >= 0.3 is 0 Å². The predicted octanol–water partition coefficient (Wildman–Crippen LogP) is 0.551. The molecular formula is C12H19N5O2S. The molecule has 1 aliphatic heterocycles. The third-order valence-electron chi connectivity index (χ3n) is 3.06. The Morgan fingerprint density at radius 3 is 2.55 bits per heavy atom.